The second-order valence-corrected chi connectivity index (χ2v) is 4.84. The first-order valence-corrected chi connectivity index (χ1v) is 6.17. The molecule has 0 spiro atoms. The van der Waals surface area contributed by atoms with E-state index in [2.05, 4.69) is 25.9 Å². The molecule has 0 fully saturated rings. The number of hydrogen-bond donors (Lipinski definition) is 1. The average molecular weight is 302 g/mol. The molecule has 84 valence electrons. The van der Waals surface area contributed by atoms with Crippen molar-refractivity contribution in [3.05, 3.63) is 37.8 Å². The lowest BCUT2D eigenvalue weighted by Crippen LogP contribution is -2.12. The number of nitrogens with one attached hydrogen (secondary N) is 1. The topological polar surface area (TPSA) is 45.8 Å². The Hall–Kier alpha value is -0.870. The Morgan fingerprint density at radius 1 is 1.50 bits per heavy atom. The van der Waals surface area contributed by atoms with Gasteiger partial charge >= 0.3 is 0 Å². The number of H-pyrrole nitrogens is 1. The van der Waals surface area contributed by atoms with Gasteiger partial charge in [-0.1, -0.05) is 18.5 Å². The summed E-state index contributed by atoms with van der Waals surface area (Å²) in [6.45, 7) is 2.04. The molecule has 0 aliphatic carbocycles. The second kappa shape index (κ2) is 4.55. The summed E-state index contributed by atoms with van der Waals surface area (Å²) in [5.74, 6) is 0.711. The Morgan fingerprint density at radius 3 is 2.94 bits per heavy atom. The molecule has 0 radical (unpaired) electrons. The number of halogens is 2. The summed E-state index contributed by atoms with van der Waals surface area (Å²) in [6.07, 6.45) is 1.71. The van der Waals surface area contributed by atoms with Crippen molar-refractivity contribution in [1.82, 2.24) is 9.97 Å². The van der Waals surface area contributed by atoms with Crippen LogP contribution in [-0.4, -0.2) is 9.97 Å². The minimum absolute atomic E-state index is 0.142. The molecule has 1 aromatic carbocycles. The summed E-state index contributed by atoms with van der Waals surface area (Å²) in [6, 6.07) is 3.37. The molecule has 1 heterocycles. The quantitative estimate of drug-likeness (QED) is 0.925. The van der Waals surface area contributed by atoms with Gasteiger partial charge in [-0.05, 0) is 34.5 Å². The molecule has 0 saturated carbocycles. The lowest BCUT2D eigenvalue weighted by atomic mass is 10.2. The number of aryl methyl sites for hydroxylation is 1. The summed E-state index contributed by atoms with van der Waals surface area (Å²) in [4.78, 5) is 19.0. The summed E-state index contributed by atoms with van der Waals surface area (Å²) in [5, 5.41) is 1.04. The van der Waals surface area contributed by atoms with Crippen LogP contribution in [0.15, 0.2) is 21.4 Å². The summed E-state index contributed by atoms with van der Waals surface area (Å²) >= 11 is 9.25. The third kappa shape index (κ3) is 2.13. The molecule has 2 aromatic rings. The molecule has 16 heavy (non-hydrogen) atoms. The van der Waals surface area contributed by atoms with Gasteiger partial charge in [0.1, 0.15) is 5.82 Å². The van der Waals surface area contributed by atoms with Crippen molar-refractivity contribution in [2.45, 2.75) is 19.8 Å². The zero-order valence-corrected chi connectivity index (χ0v) is 11.0. The molecule has 0 amide bonds. The van der Waals surface area contributed by atoms with Crippen LogP contribution in [0.5, 0.6) is 0 Å². The van der Waals surface area contributed by atoms with Gasteiger partial charge in [0.25, 0.3) is 5.56 Å². The Kier molecular flexibility index (Phi) is 3.30. The second-order valence-electron chi connectivity index (χ2n) is 3.55. The van der Waals surface area contributed by atoms with Gasteiger partial charge in [0.05, 0.1) is 10.9 Å². The summed E-state index contributed by atoms with van der Waals surface area (Å²) in [7, 11) is 0. The third-order valence-corrected chi connectivity index (χ3v) is 3.09. The summed E-state index contributed by atoms with van der Waals surface area (Å²) in [5.41, 5.74) is 0.522. The first-order chi connectivity index (χ1) is 7.61. The third-order valence-electron chi connectivity index (χ3n) is 2.26. The minimum atomic E-state index is -0.142. The van der Waals surface area contributed by atoms with Crippen molar-refractivity contribution in [2.75, 3.05) is 0 Å². The smallest absolute Gasteiger partial charge is 0.258 e. The fourth-order valence-electron chi connectivity index (χ4n) is 1.57. The van der Waals surface area contributed by atoms with Crippen LogP contribution >= 0.6 is 27.5 Å². The highest BCUT2D eigenvalue weighted by Crippen LogP contribution is 2.24. The van der Waals surface area contributed by atoms with Crippen LogP contribution in [0.4, 0.5) is 0 Å². The lowest BCUT2D eigenvalue weighted by Gasteiger charge is -2.03. The fourth-order valence-corrected chi connectivity index (χ4v) is 2.47. The number of aromatic amines is 1. The van der Waals surface area contributed by atoms with Crippen molar-refractivity contribution in [3.63, 3.8) is 0 Å². The maximum atomic E-state index is 11.8. The SMILES string of the molecule is CCCc1nc2c(Br)cc(Cl)cc2c(=O)[nH]1. The van der Waals surface area contributed by atoms with Gasteiger partial charge < -0.3 is 4.98 Å². The molecule has 5 heteroatoms. The molecule has 1 N–H and O–H groups in total. The van der Waals surface area contributed by atoms with Gasteiger partial charge in [0.15, 0.2) is 0 Å². The molecule has 0 atom stereocenters. The molecule has 0 bridgehead atoms. The monoisotopic (exact) mass is 300 g/mol. The van der Waals surface area contributed by atoms with E-state index in [-0.39, 0.29) is 5.56 Å². The molecule has 3 nitrogen and oxygen atoms in total. The van der Waals surface area contributed by atoms with Crippen LogP contribution in [0.2, 0.25) is 5.02 Å². The van der Waals surface area contributed by atoms with Crippen LogP contribution < -0.4 is 5.56 Å². The number of rotatable bonds is 2. The maximum absolute atomic E-state index is 11.8. The largest absolute Gasteiger partial charge is 0.310 e. The van der Waals surface area contributed by atoms with Gasteiger partial charge in [-0.3, -0.25) is 4.79 Å². The highest BCUT2D eigenvalue weighted by atomic mass is 79.9. The van der Waals surface area contributed by atoms with Gasteiger partial charge in [-0.15, -0.1) is 0 Å². The molecular formula is C11H10BrClN2O. The summed E-state index contributed by atoms with van der Waals surface area (Å²) < 4.78 is 0.749. The van der Waals surface area contributed by atoms with E-state index in [1.54, 1.807) is 12.1 Å². The number of nitrogens with zero attached hydrogens (tertiary/aromatic N) is 1. The van der Waals surface area contributed by atoms with Gasteiger partial charge in [-0.2, -0.15) is 0 Å². The number of fused-ring (bicyclic) bond motifs is 1. The Morgan fingerprint density at radius 2 is 2.25 bits per heavy atom. The molecule has 2 rings (SSSR count). The van der Waals surface area contributed by atoms with E-state index in [4.69, 9.17) is 11.6 Å². The lowest BCUT2D eigenvalue weighted by molar-refractivity contribution is 0.836. The maximum Gasteiger partial charge on any atom is 0.258 e. The molecule has 0 aliphatic heterocycles. The van der Waals surface area contributed by atoms with E-state index in [0.717, 1.165) is 17.3 Å². The molecular weight excluding hydrogens is 291 g/mol. The predicted molar refractivity (Wildman–Crippen MR) is 69.1 cm³/mol. The van der Waals surface area contributed by atoms with E-state index < -0.39 is 0 Å². The van der Waals surface area contributed by atoms with E-state index in [1.807, 2.05) is 6.92 Å². The zero-order valence-electron chi connectivity index (χ0n) is 8.68. The van der Waals surface area contributed by atoms with Crippen LogP contribution in [-0.2, 0) is 6.42 Å². The van der Waals surface area contributed by atoms with Crippen LogP contribution in [0.1, 0.15) is 19.2 Å². The number of benzene rings is 1. The first kappa shape index (κ1) is 11.6. The van der Waals surface area contributed by atoms with Crippen molar-refractivity contribution < 1.29 is 0 Å². The molecule has 0 unspecified atom stereocenters. The van der Waals surface area contributed by atoms with Crippen molar-refractivity contribution in [1.29, 1.82) is 0 Å². The number of hydrogen-bond acceptors (Lipinski definition) is 2. The van der Waals surface area contributed by atoms with E-state index in [1.165, 1.54) is 0 Å². The number of aromatic nitrogens is 2. The highest BCUT2D eigenvalue weighted by Gasteiger charge is 2.07. The van der Waals surface area contributed by atoms with Crippen molar-refractivity contribution in [2.24, 2.45) is 0 Å². The Labute approximate surface area is 106 Å². The molecule has 0 saturated heterocycles. The first-order valence-electron chi connectivity index (χ1n) is 4.99. The molecule has 0 aliphatic rings. The molecule has 1 aromatic heterocycles. The van der Waals surface area contributed by atoms with Gasteiger partial charge in [0.2, 0.25) is 0 Å². The fraction of sp³-hybridized carbons (Fsp3) is 0.273. The van der Waals surface area contributed by atoms with E-state index >= 15 is 0 Å². The average Bonchev–Trinajstić information content (AvgIpc) is 2.20. The van der Waals surface area contributed by atoms with E-state index in [9.17, 15) is 4.79 Å². The van der Waals surface area contributed by atoms with Crippen LogP contribution in [0.25, 0.3) is 10.9 Å². The standard InChI is InChI=1S/C11H10BrClN2O/c1-2-3-9-14-10-7(11(16)15-9)4-6(13)5-8(10)12/h4-5H,2-3H2,1H3,(H,14,15,16). The van der Waals surface area contributed by atoms with Crippen molar-refractivity contribution in [3.8, 4) is 0 Å². The van der Waals surface area contributed by atoms with Gasteiger partial charge in [-0.25, -0.2) is 4.98 Å². The van der Waals surface area contributed by atoms with Crippen molar-refractivity contribution >= 4 is 38.4 Å². The highest BCUT2D eigenvalue weighted by molar-refractivity contribution is 9.10. The predicted octanol–water partition coefficient (Wildman–Crippen LogP) is 3.29. The van der Waals surface area contributed by atoms with Crippen LogP contribution in [0, 0.1) is 0 Å². The normalized spacial score (nSPS) is 10.9. The van der Waals surface area contributed by atoms with Crippen LogP contribution in [0.3, 0.4) is 0 Å². The van der Waals surface area contributed by atoms with Gasteiger partial charge in [0, 0.05) is 15.9 Å². The Bertz CT molecular complexity index is 594. The Balaban J connectivity index is 2.77. The zero-order chi connectivity index (χ0) is 11.7. The van der Waals surface area contributed by atoms with E-state index in [0.29, 0.717) is 21.7 Å². The minimum Gasteiger partial charge on any atom is -0.310 e.